The largest absolute Gasteiger partial charge is 0.352 e. The van der Waals surface area contributed by atoms with E-state index in [-0.39, 0.29) is 17.9 Å². The number of hydrogen-bond acceptors (Lipinski definition) is 4. The Morgan fingerprint density at radius 2 is 1.44 bits per heavy atom. The van der Waals surface area contributed by atoms with Gasteiger partial charge in [-0.15, -0.1) is 0 Å². The highest BCUT2D eigenvalue weighted by molar-refractivity contribution is 5.92. The Balaban J connectivity index is 1.67. The quantitative estimate of drug-likeness (QED) is 0.750. The number of amides is 2. The van der Waals surface area contributed by atoms with Gasteiger partial charge >= 0.3 is 0 Å². The molecule has 2 amide bonds. The van der Waals surface area contributed by atoms with Crippen LogP contribution < -0.4 is 10.6 Å². The van der Waals surface area contributed by atoms with Crippen LogP contribution in [0, 0.1) is 0 Å². The van der Waals surface area contributed by atoms with Gasteiger partial charge in [-0.2, -0.15) is 0 Å². The van der Waals surface area contributed by atoms with Crippen LogP contribution in [0.25, 0.3) is 0 Å². The first kappa shape index (κ1) is 19.4. The van der Waals surface area contributed by atoms with Crippen molar-refractivity contribution in [2.24, 2.45) is 0 Å². The zero-order chi connectivity index (χ0) is 18.1. The SMILES string of the molecule is CCC(CC)NC(=O)CN1CCN(CC(=O)Nc2ccccc2)CC1. The summed E-state index contributed by atoms with van der Waals surface area (Å²) >= 11 is 0. The molecule has 0 radical (unpaired) electrons. The van der Waals surface area contributed by atoms with E-state index in [4.69, 9.17) is 0 Å². The van der Waals surface area contributed by atoms with Gasteiger partial charge in [0.1, 0.15) is 0 Å². The van der Waals surface area contributed by atoms with Crippen molar-refractivity contribution in [3.05, 3.63) is 30.3 Å². The van der Waals surface area contributed by atoms with Gasteiger partial charge < -0.3 is 10.6 Å². The van der Waals surface area contributed by atoms with Crippen LogP contribution in [0.5, 0.6) is 0 Å². The topological polar surface area (TPSA) is 64.7 Å². The molecule has 0 bridgehead atoms. The van der Waals surface area contributed by atoms with Crippen LogP contribution in [0.2, 0.25) is 0 Å². The summed E-state index contributed by atoms with van der Waals surface area (Å²) in [4.78, 5) is 28.5. The number of piperazine rings is 1. The summed E-state index contributed by atoms with van der Waals surface area (Å²) < 4.78 is 0. The van der Waals surface area contributed by atoms with Gasteiger partial charge in [-0.05, 0) is 25.0 Å². The third-order valence-electron chi connectivity index (χ3n) is 4.61. The summed E-state index contributed by atoms with van der Waals surface area (Å²) in [6.45, 7) is 8.26. The van der Waals surface area contributed by atoms with Gasteiger partial charge in [0.25, 0.3) is 0 Å². The number of anilines is 1. The molecule has 1 aliphatic rings. The van der Waals surface area contributed by atoms with Crippen molar-refractivity contribution in [2.75, 3.05) is 44.6 Å². The molecule has 1 fully saturated rings. The Hall–Kier alpha value is -1.92. The standard InChI is InChI=1S/C19H30N4O2/c1-3-16(4-2)20-18(24)14-22-10-12-23(13-11-22)15-19(25)21-17-8-6-5-7-9-17/h5-9,16H,3-4,10-15H2,1-2H3,(H,20,24)(H,21,25). The number of hydrogen-bond donors (Lipinski definition) is 2. The molecule has 6 heteroatoms. The Labute approximate surface area is 150 Å². The van der Waals surface area contributed by atoms with Crippen molar-refractivity contribution in [1.29, 1.82) is 0 Å². The van der Waals surface area contributed by atoms with Crippen LogP contribution in [0.4, 0.5) is 5.69 Å². The molecule has 2 rings (SSSR count). The van der Waals surface area contributed by atoms with E-state index in [0.717, 1.165) is 44.7 Å². The van der Waals surface area contributed by atoms with Gasteiger partial charge in [0, 0.05) is 37.9 Å². The van der Waals surface area contributed by atoms with Crippen LogP contribution >= 0.6 is 0 Å². The predicted octanol–water partition coefficient (Wildman–Crippen LogP) is 1.55. The lowest BCUT2D eigenvalue weighted by Crippen LogP contribution is -2.51. The second-order valence-corrected chi connectivity index (χ2v) is 6.55. The number of nitrogens with zero attached hydrogens (tertiary/aromatic N) is 2. The lowest BCUT2D eigenvalue weighted by atomic mass is 10.2. The Bertz CT molecular complexity index is 538. The molecule has 0 atom stereocenters. The van der Waals surface area contributed by atoms with Gasteiger partial charge in [0.05, 0.1) is 13.1 Å². The first-order valence-corrected chi connectivity index (χ1v) is 9.19. The molecule has 1 aromatic rings. The second-order valence-electron chi connectivity index (χ2n) is 6.55. The lowest BCUT2D eigenvalue weighted by molar-refractivity contribution is -0.124. The molecule has 0 aliphatic carbocycles. The van der Waals surface area contributed by atoms with Crippen LogP contribution in [-0.2, 0) is 9.59 Å². The van der Waals surface area contributed by atoms with Gasteiger partial charge in [-0.1, -0.05) is 32.0 Å². The molecule has 1 aliphatic heterocycles. The number of para-hydroxylation sites is 1. The lowest BCUT2D eigenvalue weighted by Gasteiger charge is -2.34. The van der Waals surface area contributed by atoms with E-state index in [1.54, 1.807) is 0 Å². The molecule has 0 unspecified atom stereocenters. The molecule has 0 aromatic heterocycles. The summed E-state index contributed by atoms with van der Waals surface area (Å²) in [5.41, 5.74) is 0.823. The van der Waals surface area contributed by atoms with E-state index in [2.05, 4.69) is 34.3 Å². The summed E-state index contributed by atoms with van der Waals surface area (Å²) in [5, 5.41) is 5.98. The molecule has 1 saturated heterocycles. The number of nitrogens with one attached hydrogen (secondary N) is 2. The van der Waals surface area contributed by atoms with E-state index in [1.165, 1.54) is 0 Å². The van der Waals surface area contributed by atoms with E-state index >= 15 is 0 Å². The minimum Gasteiger partial charge on any atom is -0.352 e. The molecular weight excluding hydrogens is 316 g/mol. The normalized spacial score (nSPS) is 16.0. The van der Waals surface area contributed by atoms with E-state index in [0.29, 0.717) is 13.1 Å². The number of carbonyl (C=O) groups is 2. The maximum Gasteiger partial charge on any atom is 0.238 e. The minimum absolute atomic E-state index is 0.00567. The molecule has 138 valence electrons. The maximum atomic E-state index is 12.1. The molecule has 1 aromatic carbocycles. The van der Waals surface area contributed by atoms with E-state index in [1.807, 2.05) is 30.3 Å². The first-order valence-electron chi connectivity index (χ1n) is 9.19. The third-order valence-corrected chi connectivity index (χ3v) is 4.61. The number of carbonyl (C=O) groups excluding carboxylic acids is 2. The highest BCUT2D eigenvalue weighted by Crippen LogP contribution is 2.06. The smallest absolute Gasteiger partial charge is 0.238 e. The molecule has 0 spiro atoms. The minimum atomic E-state index is 0.00567. The molecule has 0 saturated carbocycles. The summed E-state index contributed by atoms with van der Waals surface area (Å²) in [6.07, 6.45) is 1.93. The average Bonchev–Trinajstić information content (AvgIpc) is 2.62. The van der Waals surface area contributed by atoms with Crippen LogP contribution in [0.1, 0.15) is 26.7 Å². The molecular formula is C19H30N4O2. The number of benzene rings is 1. The van der Waals surface area contributed by atoms with Gasteiger partial charge in [-0.3, -0.25) is 19.4 Å². The molecule has 1 heterocycles. The fourth-order valence-corrected chi connectivity index (χ4v) is 3.00. The van der Waals surface area contributed by atoms with Crippen LogP contribution in [-0.4, -0.2) is 66.9 Å². The highest BCUT2D eigenvalue weighted by atomic mass is 16.2. The summed E-state index contributed by atoms with van der Waals surface area (Å²) in [6, 6.07) is 9.77. The van der Waals surface area contributed by atoms with Gasteiger partial charge in [0.15, 0.2) is 0 Å². The average molecular weight is 346 g/mol. The Morgan fingerprint density at radius 3 is 1.96 bits per heavy atom. The van der Waals surface area contributed by atoms with E-state index < -0.39 is 0 Å². The van der Waals surface area contributed by atoms with Crippen molar-refractivity contribution < 1.29 is 9.59 Å². The molecule has 2 N–H and O–H groups in total. The number of rotatable bonds is 8. The Morgan fingerprint density at radius 1 is 0.920 bits per heavy atom. The highest BCUT2D eigenvalue weighted by Gasteiger charge is 2.21. The van der Waals surface area contributed by atoms with Gasteiger partial charge in [-0.25, -0.2) is 0 Å². The second kappa shape index (κ2) is 10.2. The zero-order valence-electron chi connectivity index (χ0n) is 15.3. The molecule has 6 nitrogen and oxygen atoms in total. The summed E-state index contributed by atoms with van der Waals surface area (Å²) in [5.74, 6) is 0.107. The van der Waals surface area contributed by atoms with Crippen molar-refractivity contribution in [2.45, 2.75) is 32.7 Å². The fourth-order valence-electron chi connectivity index (χ4n) is 3.00. The van der Waals surface area contributed by atoms with Gasteiger partial charge in [0.2, 0.25) is 11.8 Å². The zero-order valence-corrected chi connectivity index (χ0v) is 15.3. The van der Waals surface area contributed by atoms with Crippen molar-refractivity contribution in [1.82, 2.24) is 15.1 Å². The third kappa shape index (κ3) is 6.84. The fraction of sp³-hybridized carbons (Fsp3) is 0.579. The maximum absolute atomic E-state index is 12.1. The van der Waals surface area contributed by atoms with Crippen molar-refractivity contribution in [3.63, 3.8) is 0 Å². The van der Waals surface area contributed by atoms with E-state index in [9.17, 15) is 9.59 Å². The van der Waals surface area contributed by atoms with Crippen LogP contribution in [0.15, 0.2) is 30.3 Å². The Kier molecular flexibility index (Phi) is 7.88. The first-order chi connectivity index (χ1) is 12.1. The monoisotopic (exact) mass is 346 g/mol. The van der Waals surface area contributed by atoms with Crippen LogP contribution in [0.3, 0.4) is 0 Å². The predicted molar refractivity (Wildman–Crippen MR) is 100 cm³/mol. The summed E-state index contributed by atoms with van der Waals surface area (Å²) in [7, 11) is 0. The van der Waals surface area contributed by atoms with Crippen molar-refractivity contribution >= 4 is 17.5 Å². The molecule has 25 heavy (non-hydrogen) atoms. The van der Waals surface area contributed by atoms with Crippen molar-refractivity contribution in [3.8, 4) is 0 Å².